The lowest BCUT2D eigenvalue weighted by atomic mass is 9.71. The summed E-state index contributed by atoms with van der Waals surface area (Å²) in [7, 11) is 1.65. The Labute approximate surface area is 211 Å². The Morgan fingerprint density at radius 1 is 1.00 bits per heavy atom. The lowest BCUT2D eigenvalue weighted by Gasteiger charge is -2.37. The summed E-state index contributed by atoms with van der Waals surface area (Å²) < 4.78 is 10.9. The third-order valence-corrected chi connectivity index (χ3v) is 7.21. The molecule has 36 heavy (non-hydrogen) atoms. The molecule has 5 rings (SSSR count). The summed E-state index contributed by atoms with van der Waals surface area (Å²) in [6, 6.07) is 22.1. The first kappa shape index (κ1) is 23.9. The third kappa shape index (κ3) is 4.30. The molecule has 5 heteroatoms. The van der Waals surface area contributed by atoms with Gasteiger partial charge in [0.2, 0.25) is 0 Å². The van der Waals surface area contributed by atoms with Crippen LogP contribution in [0, 0.1) is 0 Å². The maximum absolute atomic E-state index is 13.8. The van der Waals surface area contributed by atoms with Crippen molar-refractivity contribution in [1.29, 1.82) is 0 Å². The SMILES string of the molecule is CCCOC(=O)C1=C(C)NC2=C(C(=O)C[C@H](c3ccc(OC)cc3)C2)[C@@H]1c1cccc2ccccc12. The molecule has 0 radical (unpaired) electrons. The van der Waals surface area contributed by atoms with Crippen molar-refractivity contribution in [3.63, 3.8) is 0 Å². The maximum Gasteiger partial charge on any atom is 0.336 e. The molecule has 2 atom stereocenters. The Balaban J connectivity index is 1.62. The molecule has 1 aliphatic heterocycles. The highest BCUT2D eigenvalue weighted by atomic mass is 16.5. The predicted molar refractivity (Wildman–Crippen MR) is 141 cm³/mol. The molecule has 184 valence electrons. The Kier molecular flexibility index (Phi) is 6.64. The summed E-state index contributed by atoms with van der Waals surface area (Å²) in [5.74, 6) is 0.0825. The van der Waals surface area contributed by atoms with Gasteiger partial charge in [0, 0.05) is 29.3 Å². The molecule has 3 aromatic carbocycles. The highest BCUT2D eigenvalue weighted by molar-refractivity contribution is 6.05. The van der Waals surface area contributed by atoms with Gasteiger partial charge in [0.1, 0.15) is 5.75 Å². The normalized spacial score (nSPS) is 19.7. The Morgan fingerprint density at radius 3 is 2.50 bits per heavy atom. The van der Waals surface area contributed by atoms with Crippen LogP contribution in [0.4, 0.5) is 0 Å². The molecule has 3 aromatic rings. The largest absolute Gasteiger partial charge is 0.497 e. The van der Waals surface area contributed by atoms with Crippen LogP contribution >= 0.6 is 0 Å². The van der Waals surface area contributed by atoms with Crippen molar-refractivity contribution in [1.82, 2.24) is 5.32 Å². The van der Waals surface area contributed by atoms with Gasteiger partial charge in [-0.05, 0) is 59.7 Å². The van der Waals surface area contributed by atoms with Crippen LogP contribution in [0.3, 0.4) is 0 Å². The van der Waals surface area contributed by atoms with Crippen LogP contribution in [-0.4, -0.2) is 25.5 Å². The number of fused-ring (bicyclic) bond motifs is 1. The van der Waals surface area contributed by atoms with Crippen LogP contribution in [0.25, 0.3) is 10.8 Å². The second-order valence-corrected chi connectivity index (χ2v) is 9.49. The first-order chi connectivity index (χ1) is 17.5. The second-order valence-electron chi connectivity index (χ2n) is 9.49. The van der Waals surface area contributed by atoms with Crippen molar-refractivity contribution >= 4 is 22.5 Å². The molecule has 0 bridgehead atoms. The van der Waals surface area contributed by atoms with E-state index in [1.165, 1.54) is 0 Å². The van der Waals surface area contributed by atoms with Gasteiger partial charge in [-0.15, -0.1) is 0 Å². The summed E-state index contributed by atoms with van der Waals surface area (Å²) >= 11 is 0. The summed E-state index contributed by atoms with van der Waals surface area (Å²) in [6.45, 7) is 4.23. The lowest BCUT2D eigenvalue weighted by Crippen LogP contribution is -2.36. The number of carbonyl (C=O) groups excluding carboxylic acids is 2. The van der Waals surface area contributed by atoms with Gasteiger partial charge in [0.15, 0.2) is 5.78 Å². The zero-order valence-electron chi connectivity index (χ0n) is 21.0. The number of esters is 1. The number of allylic oxidation sites excluding steroid dienone is 3. The molecule has 1 heterocycles. The molecule has 1 N–H and O–H groups in total. The number of hydrogen-bond acceptors (Lipinski definition) is 5. The summed E-state index contributed by atoms with van der Waals surface area (Å²) in [5.41, 5.74) is 4.92. The standard InChI is InChI=1S/C31H31NO4/c1-4-16-36-31(34)28-19(2)32-26-17-22(20-12-14-23(35-3)15-13-20)18-27(33)30(26)29(28)25-11-7-9-21-8-5-6-10-24(21)25/h5-15,22,29,32H,4,16-18H2,1-3H3/t22-,29-/m1/s1. The van der Waals surface area contributed by atoms with Gasteiger partial charge in [-0.2, -0.15) is 0 Å². The van der Waals surface area contributed by atoms with Crippen molar-refractivity contribution < 1.29 is 19.1 Å². The van der Waals surface area contributed by atoms with Crippen LogP contribution in [-0.2, 0) is 14.3 Å². The van der Waals surface area contributed by atoms with Crippen LogP contribution in [0.5, 0.6) is 5.75 Å². The van der Waals surface area contributed by atoms with E-state index < -0.39 is 5.92 Å². The topological polar surface area (TPSA) is 64.6 Å². The smallest absolute Gasteiger partial charge is 0.336 e. The number of ether oxygens (including phenoxy) is 2. The Hall–Kier alpha value is -3.86. The van der Waals surface area contributed by atoms with Gasteiger partial charge in [-0.25, -0.2) is 4.79 Å². The van der Waals surface area contributed by atoms with Crippen molar-refractivity contribution in [3.8, 4) is 5.75 Å². The van der Waals surface area contributed by atoms with Gasteiger partial charge < -0.3 is 14.8 Å². The number of benzene rings is 3. The minimum Gasteiger partial charge on any atom is -0.497 e. The van der Waals surface area contributed by atoms with Crippen molar-refractivity contribution in [3.05, 3.63) is 100 Å². The zero-order chi connectivity index (χ0) is 25.2. The fourth-order valence-electron chi connectivity index (χ4n) is 5.51. The Morgan fingerprint density at radius 2 is 1.75 bits per heavy atom. The van der Waals surface area contributed by atoms with Crippen molar-refractivity contribution in [2.75, 3.05) is 13.7 Å². The van der Waals surface area contributed by atoms with E-state index in [0.717, 1.165) is 45.5 Å². The molecule has 0 saturated heterocycles. The van der Waals surface area contributed by atoms with E-state index in [9.17, 15) is 9.59 Å². The fourth-order valence-corrected chi connectivity index (χ4v) is 5.51. The molecule has 0 aromatic heterocycles. The first-order valence-corrected chi connectivity index (χ1v) is 12.5. The van der Waals surface area contributed by atoms with Crippen LogP contribution < -0.4 is 10.1 Å². The highest BCUT2D eigenvalue weighted by Gasteiger charge is 2.41. The van der Waals surface area contributed by atoms with E-state index in [2.05, 4.69) is 23.5 Å². The van der Waals surface area contributed by atoms with E-state index in [0.29, 0.717) is 30.6 Å². The predicted octanol–water partition coefficient (Wildman–Crippen LogP) is 6.16. The number of hydrogen-bond donors (Lipinski definition) is 1. The molecule has 0 saturated carbocycles. The molecular weight excluding hydrogens is 450 g/mol. The van der Waals surface area contributed by atoms with Gasteiger partial charge >= 0.3 is 5.97 Å². The van der Waals surface area contributed by atoms with E-state index in [1.54, 1.807) is 7.11 Å². The Bertz CT molecular complexity index is 1380. The maximum atomic E-state index is 13.8. The summed E-state index contributed by atoms with van der Waals surface area (Å²) in [5, 5.41) is 5.56. The lowest BCUT2D eigenvalue weighted by molar-refractivity contribution is -0.139. The van der Waals surface area contributed by atoms with E-state index in [-0.39, 0.29) is 17.7 Å². The summed E-state index contributed by atoms with van der Waals surface area (Å²) in [6.07, 6.45) is 1.83. The number of dihydropyridines is 1. The summed E-state index contributed by atoms with van der Waals surface area (Å²) in [4.78, 5) is 27.2. The van der Waals surface area contributed by atoms with Crippen LogP contribution in [0.15, 0.2) is 89.3 Å². The molecule has 0 spiro atoms. The number of rotatable bonds is 6. The van der Waals surface area contributed by atoms with E-state index >= 15 is 0 Å². The van der Waals surface area contributed by atoms with Crippen molar-refractivity contribution in [2.24, 2.45) is 0 Å². The number of methoxy groups -OCH3 is 1. The molecule has 5 nitrogen and oxygen atoms in total. The minimum absolute atomic E-state index is 0.0595. The second kappa shape index (κ2) is 10.0. The van der Waals surface area contributed by atoms with Crippen LogP contribution in [0.1, 0.15) is 56.1 Å². The molecule has 2 aliphatic rings. The average molecular weight is 482 g/mol. The van der Waals surface area contributed by atoms with Gasteiger partial charge in [-0.1, -0.05) is 61.5 Å². The number of ketones is 1. The first-order valence-electron chi connectivity index (χ1n) is 12.5. The molecule has 0 fully saturated rings. The molecule has 0 unspecified atom stereocenters. The van der Waals surface area contributed by atoms with Crippen LogP contribution in [0.2, 0.25) is 0 Å². The number of carbonyl (C=O) groups is 2. The molecule has 1 aliphatic carbocycles. The minimum atomic E-state index is -0.471. The fraction of sp³-hybridized carbons (Fsp3) is 0.290. The van der Waals surface area contributed by atoms with Gasteiger partial charge in [-0.3, -0.25) is 4.79 Å². The average Bonchev–Trinajstić information content (AvgIpc) is 2.90. The quantitative estimate of drug-likeness (QED) is 0.427. The van der Waals surface area contributed by atoms with Gasteiger partial charge in [0.05, 0.1) is 19.3 Å². The van der Waals surface area contributed by atoms with Crippen molar-refractivity contribution in [2.45, 2.75) is 44.9 Å². The zero-order valence-corrected chi connectivity index (χ0v) is 21.0. The highest BCUT2D eigenvalue weighted by Crippen LogP contribution is 2.47. The monoisotopic (exact) mass is 481 g/mol. The molecular formula is C31H31NO4. The van der Waals surface area contributed by atoms with E-state index in [1.807, 2.05) is 62.4 Å². The number of nitrogens with one attached hydrogen (secondary N) is 1. The third-order valence-electron chi connectivity index (χ3n) is 7.21. The van der Waals surface area contributed by atoms with E-state index in [4.69, 9.17) is 9.47 Å². The molecule has 0 amide bonds. The van der Waals surface area contributed by atoms with Gasteiger partial charge in [0.25, 0.3) is 0 Å². The number of Topliss-reactive ketones (excluding diaryl/α,β-unsaturated/α-hetero) is 1.